The summed E-state index contributed by atoms with van der Waals surface area (Å²) in [7, 11) is 1.60. The highest BCUT2D eigenvalue weighted by Gasteiger charge is 2.12. The van der Waals surface area contributed by atoms with E-state index in [9.17, 15) is 14.9 Å². The van der Waals surface area contributed by atoms with Crippen LogP contribution in [0.5, 0.6) is 0 Å². The maximum atomic E-state index is 12.0. The zero-order chi connectivity index (χ0) is 15.2. The molecule has 1 aromatic carbocycles. The van der Waals surface area contributed by atoms with Crippen molar-refractivity contribution >= 4 is 17.4 Å². The van der Waals surface area contributed by atoms with Gasteiger partial charge >= 0.3 is 6.03 Å². The van der Waals surface area contributed by atoms with Gasteiger partial charge in [0.1, 0.15) is 0 Å². The second-order valence-electron chi connectivity index (χ2n) is 4.35. The number of non-ortho nitro benzene ring substituents is 1. The van der Waals surface area contributed by atoms with Gasteiger partial charge in [0.15, 0.2) is 0 Å². The summed E-state index contributed by atoms with van der Waals surface area (Å²) in [5.41, 5.74) is 1.51. The number of hydrogen-bond donors (Lipinski definition) is 1. The minimum absolute atomic E-state index is 0.00987. The van der Waals surface area contributed by atoms with Crippen LogP contribution in [0.3, 0.4) is 0 Å². The van der Waals surface area contributed by atoms with Crippen LogP contribution >= 0.6 is 0 Å². The van der Waals surface area contributed by atoms with Crippen LogP contribution in [-0.4, -0.2) is 23.0 Å². The van der Waals surface area contributed by atoms with Crippen LogP contribution in [0, 0.1) is 10.1 Å². The van der Waals surface area contributed by atoms with Gasteiger partial charge in [-0.05, 0) is 29.8 Å². The average molecular weight is 286 g/mol. The van der Waals surface area contributed by atoms with Crippen molar-refractivity contribution in [3.05, 3.63) is 64.5 Å². The Labute approximate surface area is 121 Å². The molecule has 0 saturated carbocycles. The maximum Gasteiger partial charge on any atom is 0.321 e. The number of carbonyl (C=O) groups excluding carboxylic acids is 1. The Morgan fingerprint density at radius 2 is 1.86 bits per heavy atom. The van der Waals surface area contributed by atoms with Crippen LogP contribution < -0.4 is 10.2 Å². The van der Waals surface area contributed by atoms with Crippen molar-refractivity contribution < 1.29 is 9.72 Å². The predicted octanol–water partition coefficient (Wildman–Crippen LogP) is 2.34. The molecule has 108 valence electrons. The lowest BCUT2D eigenvalue weighted by molar-refractivity contribution is -0.384. The molecule has 1 heterocycles. The van der Waals surface area contributed by atoms with Gasteiger partial charge < -0.3 is 5.32 Å². The fraction of sp³-hybridized carbons (Fsp3) is 0.143. The number of carbonyl (C=O) groups is 1. The highest BCUT2D eigenvalue weighted by atomic mass is 16.6. The third-order valence-electron chi connectivity index (χ3n) is 2.95. The van der Waals surface area contributed by atoms with Crippen LogP contribution in [0.2, 0.25) is 0 Å². The SMILES string of the molecule is CN(C(=O)NCc1ccncc1)c1ccc([N+](=O)[O-])cc1. The van der Waals surface area contributed by atoms with Gasteiger partial charge in [0.25, 0.3) is 5.69 Å². The zero-order valence-electron chi connectivity index (χ0n) is 11.4. The number of nitro groups is 1. The molecule has 21 heavy (non-hydrogen) atoms. The number of urea groups is 1. The Morgan fingerprint density at radius 3 is 2.43 bits per heavy atom. The van der Waals surface area contributed by atoms with Gasteiger partial charge in [-0.2, -0.15) is 0 Å². The van der Waals surface area contributed by atoms with Crippen molar-refractivity contribution in [2.45, 2.75) is 6.54 Å². The molecule has 1 aromatic heterocycles. The molecule has 2 rings (SSSR count). The first-order chi connectivity index (χ1) is 10.1. The summed E-state index contributed by atoms with van der Waals surface area (Å²) in [5, 5.41) is 13.3. The molecular formula is C14H14N4O3. The molecule has 0 radical (unpaired) electrons. The Kier molecular flexibility index (Phi) is 4.45. The molecule has 2 aromatic rings. The number of pyridine rings is 1. The van der Waals surface area contributed by atoms with E-state index in [-0.39, 0.29) is 11.7 Å². The molecule has 2 amide bonds. The molecular weight excluding hydrogens is 272 g/mol. The van der Waals surface area contributed by atoms with Gasteiger partial charge in [-0.1, -0.05) is 0 Å². The van der Waals surface area contributed by atoms with E-state index in [1.807, 2.05) is 12.1 Å². The predicted molar refractivity (Wildman–Crippen MR) is 78.0 cm³/mol. The van der Waals surface area contributed by atoms with Crippen molar-refractivity contribution in [2.75, 3.05) is 11.9 Å². The smallest absolute Gasteiger partial charge is 0.321 e. The first-order valence-corrected chi connectivity index (χ1v) is 6.23. The molecule has 0 aliphatic heterocycles. The van der Waals surface area contributed by atoms with Crippen molar-refractivity contribution in [3.8, 4) is 0 Å². The molecule has 1 N–H and O–H groups in total. The molecule has 0 aliphatic rings. The van der Waals surface area contributed by atoms with Crippen molar-refractivity contribution in [1.29, 1.82) is 0 Å². The number of nitrogens with one attached hydrogen (secondary N) is 1. The molecule has 0 bridgehead atoms. The Hall–Kier alpha value is -2.96. The third kappa shape index (κ3) is 3.75. The lowest BCUT2D eigenvalue weighted by atomic mass is 10.2. The summed E-state index contributed by atoms with van der Waals surface area (Å²) in [6.07, 6.45) is 3.31. The highest BCUT2D eigenvalue weighted by molar-refractivity contribution is 5.91. The molecule has 0 saturated heterocycles. The minimum atomic E-state index is -0.479. The second-order valence-corrected chi connectivity index (χ2v) is 4.35. The van der Waals surface area contributed by atoms with Crippen LogP contribution in [0.4, 0.5) is 16.2 Å². The molecule has 7 nitrogen and oxygen atoms in total. The minimum Gasteiger partial charge on any atom is -0.334 e. The lowest BCUT2D eigenvalue weighted by Gasteiger charge is -2.18. The maximum absolute atomic E-state index is 12.0. The molecule has 0 unspecified atom stereocenters. The quantitative estimate of drug-likeness (QED) is 0.690. The molecule has 0 aliphatic carbocycles. The zero-order valence-corrected chi connectivity index (χ0v) is 11.4. The Balaban J connectivity index is 1.97. The van der Waals surface area contributed by atoms with E-state index in [0.717, 1.165) is 5.56 Å². The number of hydrogen-bond acceptors (Lipinski definition) is 4. The Morgan fingerprint density at radius 1 is 1.24 bits per heavy atom. The summed E-state index contributed by atoms with van der Waals surface area (Å²) in [6.45, 7) is 0.388. The topological polar surface area (TPSA) is 88.4 Å². The van der Waals surface area contributed by atoms with Crippen molar-refractivity contribution in [1.82, 2.24) is 10.3 Å². The average Bonchev–Trinajstić information content (AvgIpc) is 2.53. The number of anilines is 1. The van der Waals surface area contributed by atoms with Crippen LogP contribution in [-0.2, 0) is 6.54 Å². The first-order valence-electron chi connectivity index (χ1n) is 6.23. The standard InChI is InChI=1S/C14H14N4O3/c1-17(12-2-4-13(5-3-12)18(20)21)14(19)16-10-11-6-8-15-9-7-11/h2-9H,10H2,1H3,(H,16,19). The van der Waals surface area contributed by atoms with Crippen LogP contribution in [0.15, 0.2) is 48.8 Å². The van der Waals surface area contributed by atoms with Gasteiger partial charge in [0.05, 0.1) is 4.92 Å². The van der Waals surface area contributed by atoms with E-state index < -0.39 is 4.92 Å². The van der Waals surface area contributed by atoms with E-state index in [2.05, 4.69) is 10.3 Å². The van der Waals surface area contributed by atoms with E-state index in [1.165, 1.54) is 29.2 Å². The van der Waals surface area contributed by atoms with E-state index in [4.69, 9.17) is 0 Å². The fourth-order valence-corrected chi connectivity index (χ4v) is 1.71. The molecule has 0 fully saturated rings. The molecule has 0 atom stereocenters. The third-order valence-corrected chi connectivity index (χ3v) is 2.95. The lowest BCUT2D eigenvalue weighted by Crippen LogP contribution is -2.36. The first kappa shape index (κ1) is 14.4. The number of benzene rings is 1. The van der Waals surface area contributed by atoms with Gasteiger partial charge in [0, 0.05) is 43.8 Å². The Bertz CT molecular complexity index is 628. The number of nitrogens with zero attached hydrogens (tertiary/aromatic N) is 3. The molecule has 0 spiro atoms. The normalized spacial score (nSPS) is 9.95. The summed E-state index contributed by atoms with van der Waals surface area (Å²) in [5.74, 6) is 0. The van der Waals surface area contributed by atoms with Crippen LogP contribution in [0.25, 0.3) is 0 Å². The highest BCUT2D eigenvalue weighted by Crippen LogP contribution is 2.18. The monoisotopic (exact) mass is 286 g/mol. The number of aromatic nitrogens is 1. The summed E-state index contributed by atoms with van der Waals surface area (Å²) in [4.78, 5) is 27.4. The van der Waals surface area contributed by atoms with Gasteiger partial charge in [-0.25, -0.2) is 4.79 Å². The van der Waals surface area contributed by atoms with Gasteiger partial charge in [-0.15, -0.1) is 0 Å². The second kappa shape index (κ2) is 6.47. The number of amides is 2. The fourth-order valence-electron chi connectivity index (χ4n) is 1.71. The largest absolute Gasteiger partial charge is 0.334 e. The van der Waals surface area contributed by atoms with Crippen molar-refractivity contribution in [3.63, 3.8) is 0 Å². The van der Waals surface area contributed by atoms with E-state index in [1.54, 1.807) is 19.4 Å². The van der Waals surface area contributed by atoms with E-state index >= 15 is 0 Å². The van der Waals surface area contributed by atoms with Crippen molar-refractivity contribution in [2.24, 2.45) is 0 Å². The van der Waals surface area contributed by atoms with E-state index in [0.29, 0.717) is 12.2 Å². The number of nitro benzene ring substituents is 1. The van der Waals surface area contributed by atoms with Gasteiger partial charge in [0.2, 0.25) is 0 Å². The van der Waals surface area contributed by atoms with Gasteiger partial charge in [-0.3, -0.25) is 20.0 Å². The summed E-state index contributed by atoms with van der Waals surface area (Å²) < 4.78 is 0. The number of rotatable bonds is 4. The van der Waals surface area contributed by atoms with Crippen LogP contribution in [0.1, 0.15) is 5.56 Å². The molecule has 7 heteroatoms. The summed E-state index contributed by atoms with van der Waals surface area (Å²) in [6, 6.07) is 9.12. The summed E-state index contributed by atoms with van der Waals surface area (Å²) >= 11 is 0.